The topological polar surface area (TPSA) is 15.3 Å². The largest absolute Gasteiger partial charge is 0.315 e. The van der Waals surface area contributed by atoms with Crippen LogP contribution in [0.2, 0.25) is 0 Å². The molecule has 0 spiro atoms. The van der Waals surface area contributed by atoms with Gasteiger partial charge in [-0.3, -0.25) is 0 Å². The highest BCUT2D eigenvalue weighted by Gasteiger charge is 2.39. The number of rotatable bonds is 0. The number of nitrogens with one attached hydrogen (secondary N) is 1. The van der Waals surface area contributed by atoms with E-state index in [1.165, 1.54) is 19.6 Å². The molecule has 2 aliphatic rings. The molecule has 2 nitrogen and oxygen atoms in total. The summed E-state index contributed by atoms with van der Waals surface area (Å²) >= 11 is 0. The van der Waals surface area contributed by atoms with Crippen LogP contribution in [-0.2, 0) is 0 Å². The van der Waals surface area contributed by atoms with Crippen LogP contribution in [0.5, 0.6) is 0 Å². The molecule has 2 rings (SSSR count). The summed E-state index contributed by atoms with van der Waals surface area (Å²) in [5, 5.41) is 3.37. The molecule has 0 amide bonds. The van der Waals surface area contributed by atoms with Crippen molar-refractivity contribution in [3.63, 3.8) is 0 Å². The third-order valence-electron chi connectivity index (χ3n) is 2.39. The van der Waals surface area contributed by atoms with Crippen molar-refractivity contribution in [1.29, 1.82) is 0 Å². The lowest BCUT2D eigenvalue weighted by Gasteiger charge is -2.40. The van der Waals surface area contributed by atoms with Gasteiger partial charge in [0.1, 0.15) is 0 Å². The first-order valence-corrected chi connectivity index (χ1v) is 3.29. The van der Waals surface area contributed by atoms with Crippen LogP contribution in [0.1, 0.15) is 0 Å². The molecule has 2 saturated heterocycles. The van der Waals surface area contributed by atoms with Gasteiger partial charge in [-0.15, -0.1) is 0 Å². The molecule has 0 aliphatic carbocycles. The maximum atomic E-state index is 3.37. The molecule has 0 bridgehead atoms. The first kappa shape index (κ1) is 4.77. The molecule has 0 aromatic rings. The highest BCUT2D eigenvalue weighted by molar-refractivity contribution is 4.96. The standard InChI is InChI=1S/C6H12N2/c1-8-4-5-2-7-3-6(5)8/h5-7H,2-4H2,1H3/t5-,6+/m1/s1. The summed E-state index contributed by atoms with van der Waals surface area (Å²) in [4.78, 5) is 2.42. The van der Waals surface area contributed by atoms with Gasteiger partial charge in [0.05, 0.1) is 0 Å². The minimum atomic E-state index is 0.884. The minimum Gasteiger partial charge on any atom is -0.315 e. The van der Waals surface area contributed by atoms with Crippen LogP contribution in [0.25, 0.3) is 0 Å². The van der Waals surface area contributed by atoms with Gasteiger partial charge in [0.2, 0.25) is 0 Å². The number of likely N-dealkylation sites (tertiary alicyclic amines) is 1. The summed E-state index contributed by atoms with van der Waals surface area (Å²) in [6, 6.07) is 0.884. The number of hydrogen-bond acceptors (Lipinski definition) is 2. The van der Waals surface area contributed by atoms with Crippen molar-refractivity contribution in [2.24, 2.45) is 5.92 Å². The van der Waals surface area contributed by atoms with Crippen molar-refractivity contribution in [3.05, 3.63) is 0 Å². The molecule has 0 aromatic carbocycles. The van der Waals surface area contributed by atoms with Crippen LogP contribution < -0.4 is 5.32 Å². The van der Waals surface area contributed by atoms with E-state index in [1.807, 2.05) is 0 Å². The zero-order chi connectivity index (χ0) is 5.56. The summed E-state index contributed by atoms with van der Waals surface area (Å²) in [6.45, 7) is 3.80. The van der Waals surface area contributed by atoms with Crippen molar-refractivity contribution < 1.29 is 0 Å². The molecule has 1 N–H and O–H groups in total. The van der Waals surface area contributed by atoms with Crippen LogP contribution in [0, 0.1) is 5.92 Å². The highest BCUT2D eigenvalue weighted by Crippen LogP contribution is 2.24. The fourth-order valence-electron chi connectivity index (χ4n) is 1.79. The van der Waals surface area contributed by atoms with E-state index in [1.54, 1.807) is 0 Å². The molecule has 0 saturated carbocycles. The molecule has 8 heavy (non-hydrogen) atoms. The normalized spacial score (nSPS) is 46.1. The monoisotopic (exact) mass is 112 g/mol. The first-order valence-electron chi connectivity index (χ1n) is 3.29. The summed E-state index contributed by atoms with van der Waals surface area (Å²) in [5.74, 6) is 0.986. The van der Waals surface area contributed by atoms with Gasteiger partial charge in [-0.2, -0.15) is 0 Å². The van der Waals surface area contributed by atoms with Crippen molar-refractivity contribution in [1.82, 2.24) is 10.2 Å². The summed E-state index contributed by atoms with van der Waals surface area (Å²) in [5.41, 5.74) is 0. The number of nitrogens with zero attached hydrogens (tertiary/aromatic N) is 1. The van der Waals surface area contributed by atoms with E-state index in [9.17, 15) is 0 Å². The lowest BCUT2D eigenvalue weighted by molar-refractivity contribution is 0.0827. The average Bonchev–Trinajstić information content (AvgIpc) is 2.09. The summed E-state index contributed by atoms with van der Waals surface area (Å²) < 4.78 is 0. The van der Waals surface area contributed by atoms with E-state index in [4.69, 9.17) is 0 Å². The molecule has 0 unspecified atom stereocenters. The van der Waals surface area contributed by atoms with Crippen LogP contribution in [0.15, 0.2) is 0 Å². The smallest absolute Gasteiger partial charge is 0.0270 e. The molecule has 0 radical (unpaired) electrons. The van der Waals surface area contributed by atoms with Gasteiger partial charge in [-0.05, 0) is 7.05 Å². The van der Waals surface area contributed by atoms with Crippen molar-refractivity contribution >= 4 is 0 Å². The Balaban J connectivity index is 2.02. The van der Waals surface area contributed by atoms with Crippen molar-refractivity contribution in [2.75, 3.05) is 26.7 Å². The molecule has 0 aromatic heterocycles. The molecule has 2 fully saturated rings. The Morgan fingerprint density at radius 2 is 2.38 bits per heavy atom. The van der Waals surface area contributed by atoms with Crippen molar-refractivity contribution in [3.8, 4) is 0 Å². The van der Waals surface area contributed by atoms with E-state index in [-0.39, 0.29) is 0 Å². The zero-order valence-electron chi connectivity index (χ0n) is 5.22. The average molecular weight is 112 g/mol. The molecular formula is C6H12N2. The molecule has 2 heteroatoms. The van der Waals surface area contributed by atoms with Crippen LogP contribution in [-0.4, -0.2) is 37.6 Å². The summed E-state index contributed by atoms with van der Waals surface area (Å²) in [6.07, 6.45) is 0. The van der Waals surface area contributed by atoms with Gasteiger partial charge in [0.15, 0.2) is 0 Å². The van der Waals surface area contributed by atoms with E-state index in [0.29, 0.717) is 0 Å². The second-order valence-corrected chi connectivity index (χ2v) is 2.93. The Morgan fingerprint density at radius 3 is 2.88 bits per heavy atom. The quantitative estimate of drug-likeness (QED) is 0.455. The highest BCUT2D eigenvalue weighted by atomic mass is 15.3. The predicted octanol–water partition coefficient (Wildman–Crippen LogP) is -0.480. The lowest BCUT2D eigenvalue weighted by Crippen LogP contribution is -2.52. The second-order valence-electron chi connectivity index (χ2n) is 2.93. The summed E-state index contributed by atoms with van der Waals surface area (Å²) in [7, 11) is 2.20. The Bertz CT molecular complexity index is 103. The molecule has 46 valence electrons. The second kappa shape index (κ2) is 1.45. The third-order valence-corrected chi connectivity index (χ3v) is 2.39. The maximum absolute atomic E-state index is 3.37. The van der Waals surface area contributed by atoms with Gasteiger partial charge < -0.3 is 10.2 Å². The van der Waals surface area contributed by atoms with Crippen molar-refractivity contribution in [2.45, 2.75) is 6.04 Å². The molecule has 2 aliphatic heterocycles. The number of hydrogen-bond donors (Lipinski definition) is 1. The van der Waals surface area contributed by atoms with E-state index < -0.39 is 0 Å². The molecule has 2 atom stereocenters. The predicted molar refractivity (Wildman–Crippen MR) is 32.8 cm³/mol. The maximum Gasteiger partial charge on any atom is 0.0270 e. The first-order chi connectivity index (χ1) is 3.88. The van der Waals surface area contributed by atoms with Gasteiger partial charge in [0.25, 0.3) is 0 Å². The van der Waals surface area contributed by atoms with Gasteiger partial charge >= 0.3 is 0 Å². The van der Waals surface area contributed by atoms with E-state index >= 15 is 0 Å². The lowest BCUT2D eigenvalue weighted by atomic mass is 9.93. The van der Waals surface area contributed by atoms with Crippen LogP contribution in [0.3, 0.4) is 0 Å². The molecule has 2 heterocycles. The Kier molecular flexibility index (Phi) is 0.866. The molecular weight excluding hydrogens is 100 g/mol. The SMILES string of the molecule is CN1C[C@H]2CNC[C@@H]21. The van der Waals surface area contributed by atoms with Gasteiger partial charge in [-0.25, -0.2) is 0 Å². The number of likely N-dealkylation sites (N-methyl/N-ethyl adjacent to an activating group) is 1. The Labute approximate surface area is 49.9 Å². The third kappa shape index (κ3) is 0.446. The van der Waals surface area contributed by atoms with Gasteiger partial charge in [0, 0.05) is 31.6 Å². The fraction of sp³-hybridized carbons (Fsp3) is 1.00. The van der Waals surface area contributed by atoms with Crippen LogP contribution >= 0.6 is 0 Å². The zero-order valence-corrected chi connectivity index (χ0v) is 5.22. The minimum absolute atomic E-state index is 0.884. The van der Waals surface area contributed by atoms with Gasteiger partial charge in [-0.1, -0.05) is 0 Å². The Hall–Kier alpha value is -0.0800. The fourth-order valence-corrected chi connectivity index (χ4v) is 1.79. The number of fused-ring (bicyclic) bond motifs is 1. The van der Waals surface area contributed by atoms with E-state index in [2.05, 4.69) is 17.3 Å². The van der Waals surface area contributed by atoms with Crippen LogP contribution in [0.4, 0.5) is 0 Å². The van der Waals surface area contributed by atoms with E-state index in [0.717, 1.165) is 12.0 Å². The Morgan fingerprint density at radius 1 is 1.50 bits per heavy atom.